The molecular weight excluding hydrogens is 655 g/mol. The Hall–Kier alpha value is -3.40. The molecule has 1 fully saturated rings. The number of thiazole rings is 1. The van der Waals surface area contributed by atoms with E-state index in [1.807, 2.05) is 26.1 Å². The van der Waals surface area contributed by atoms with Gasteiger partial charge in [0.2, 0.25) is 5.91 Å². The van der Waals surface area contributed by atoms with Crippen molar-refractivity contribution < 1.29 is 19.0 Å². The molecule has 49 heavy (non-hydrogen) atoms. The Morgan fingerprint density at radius 3 is 2.69 bits per heavy atom. The zero-order valence-corrected chi connectivity index (χ0v) is 31.6. The number of terminal acetylenes is 1. The molecule has 5 rings (SSSR count). The minimum Gasteiger partial charge on any atom is -0.446 e. The number of pyridine rings is 1. The van der Waals surface area contributed by atoms with Crippen molar-refractivity contribution in [1.29, 1.82) is 0 Å². The third-order valence-electron chi connectivity index (χ3n) is 8.75. The van der Waals surface area contributed by atoms with Gasteiger partial charge in [-0.25, -0.2) is 10.4 Å². The van der Waals surface area contributed by atoms with Gasteiger partial charge in [0, 0.05) is 72.4 Å². The largest absolute Gasteiger partial charge is 0.446 e. The van der Waals surface area contributed by atoms with Crippen LogP contribution in [0.4, 0.5) is 0 Å². The monoisotopic (exact) mass is 705 g/mol. The molecule has 1 amide bonds. The second-order valence-electron chi connectivity index (χ2n) is 12.7. The molecule has 0 bridgehead atoms. The lowest BCUT2D eigenvalue weighted by atomic mass is 9.84. The highest BCUT2D eigenvalue weighted by Gasteiger charge is 2.29. The quantitative estimate of drug-likeness (QED) is 0.102. The summed E-state index contributed by atoms with van der Waals surface area (Å²) in [5, 5.41) is 5.75. The molecule has 1 saturated heterocycles. The molecule has 0 saturated carbocycles. The third-order valence-corrected chi connectivity index (χ3v) is 9.69. The smallest absolute Gasteiger partial charge is 0.239 e. The molecule has 1 aliphatic heterocycles. The first-order chi connectivity index (χ1) is 23.7. The maximum Gasteiger partial charge on any atom is 0.239 e. The molecule has 2 atom stereocenters. The predicted octanol–water partition coefficient (Wildman–Crippen LogP) is 7.87. The number of hydrazine groups is 1. The maximum atomic E-state index is 13.1. The summed E-state index contributed by atoms with van der Waals surface area (Å²) in [5.74, 6) is 0.0355. The average Bonchev–Trinajstić information content (AvgIpc) is 3.74. The fourth-order valence-corrected chi connectivity index (χ4v) is 7.25. The van der Waals surface area contributed by atoms with E-state index < -0.39 is 6.10 Å². The van der Waals surface area contributed by atoms with Crippen LogP contribution in [0.15, 0.2) is 41.9 Å². The summed E-state index contributed by atoms with van der Waals surface area (Å²) in [7, 11) is 1.71. The topological polar surface area (TPSA) is 90.7 Å². The Bertz CT molecular complexity index is 1720. The first-order valence-corrected chi connectivity index (χ1v) is 18.7. The van der Waals surface area contributed by atoms with E-state index in [1.54, 1.807) is 18.4 Å². The number of benzene rings is 1. The lowest BCUT2D eigenvalue weighted by molar-refractivity contribution is -0.138. The fourth-order valence-electron chi connectivity index (χ4n) is 6.38. The number of methoxy groups -OCH3 is 1. The highest BCUT2D eigenvalue weighted by Crippen LogP contribution is 2.42. The summed E-state index contributed by atoms with van der Waals surface area (Å²) in [6, 6.07) is 10.7. The molecule has 1 aliphatic rings. The predicted molar refractivity (Wildman–Crippen MR) is 202 cm³/mol. The Balaban J connectivity index is 0.00000265. The molecule has 4 heterocycles. The zero-order valence-electron chi connectivity index (χ0n) is 29.9. The molecule has 2 unspecified atom stereocenters. The number of hydrogen-bond donors (Lipinski definition) is 2. The van der Waals surface area contributed by atoms with E-state index in [4.69, 9.17) is 30.6 Å². The number of thiol groups is 1. The van der Waals surface area contributed by atoms with E-state index in [2.05, 4.69) is 79.1 Å². The van der Waals surface area contributed by atoms with Crippen molar-refractivity contribution in [1.82, 2.24) is 25.0 Å². The molecule has 1 aromatic carbocycles. The zero-order chi connectivity index (χ0) is 35.6. The van der Waals surface area contributed by atoms with Gasteiger partial charge in [0.25, 0.3) is 0 Å². The van der Waals surface area contributed by atoms with Gasteiger partial charge in [-0.2, -0.15) is 12.6 Å². The first kappa shape index (κ1) is 38.4. The molecule has 0 aliphatic carbocycles. The number of carbonyl (C=O) groups excluding carboxylic acids is 1. The lowest BCUT2D eigenvalue weighted by Crippen LogP contribution is -2.47. The number of rotatable bonds is 14. The second kappa shape index (κ2) is 18.0. The van der Waals surface area contributed by atoms with E-state index in [-0.39, 0.29) is 23.8 Å². The van der Waals surface area contributed by atoms with Gasteiger partial charge in [-0.3, -0.25) is 14.8 Å². The van der Waals surface area contributed by atoms with Crippen LogP contribution in [0.2, 0.25) is 0 Å². The lowest BCUT2D eigenvalue weighted by Gasteiger charge is -2.28. The highest BCUT2D eigenvalue weighted by atomic mass is 32.1. The summed E-state index contributed by atoms with van der Waals surface area (Å²) in [6.07, 6.45) is 13.8. The van der Waals surface area contributed by atoms with E-state index in [0.717, 1.165) is 83.0 Å². The minimum atomic E-state index is -0.397. The second-order valence-corrected chi connectivity index (χ2v) is 13.6. The number of amides is 1. The number of hydrogen-bond acceptors (Lipinski definition) is 9. The van der Waals surface area contributed by atoms with Crippen LogP contribution in [-0.2, 0) is 32.0 Å². The van der Waals surface area contributed by atoms with Gasteiger partial charge in [0.05, 0.1) is 29.6 Å². The number of nitrogens with one attached hydrogen (secondary N) is 1. The van der Waals surface area contributed by atoms with Crippen LogP contribution in [0, 0.1) is 17.9 Å². The summed E-state index contributed by atoms with van der Waals surface area (Å²) >= 11 is 5.06. The molecule has 3 aromatic heterocycles. The van der Waals surface area contributed by atoms with Crippen molar-refractivity contribution in [2.45, 2.75) is 79.1 Å². The summed E-state index contributed by atoms with van der Waals surface area (Å²) in [5.41, 5.74) is 10.3. The number of nitrogens with zero attached hydrogens (tertiary/aromatic N) is 4. The number of carbonyl (C=O) groups is 1. The van der Waals surface area contributed by atoms with Crippen LogP contribution in [0.25, 0.3) is 33.4 Å². The molecular formula is C38H51N5O4S2. The van der Waals surface area contributed by atoms with Crippen molar-refractivity contribution in [3.05, 3.63) is 58.2 Å². The van der Waals surface area contributed by atoms with E-state index in [0.29, 0.717) is 13.2 Å². The van der Waals surface area contributed by atoms with Crippen molar-refractivity contribution in [2.75, 3.05) is 39.7 Å². The van der Waals surface area contributed by atoms with Gasteiger partial charge < -0.3 is 18.8 Å². The Labute approximate surface area is 301 Å². The van der Waals surface area contributed by atoms with Gasteiger partial charge in [-0.1, -0.05) is 26.3 Å². The van der Waals surface area contributed by atoms with Crippen molar-refractivity contribution in [3.8, 4) is 35.0 Å². The van der Waals surface area contributed by atoms with E-state index in [1.165, 1.54) is 16.9 Å². The van der Waals surface area contributed by atoms with E-state index in [9.17, 15) is 4.79 Å². The SMILES string of the molecule is C#COCC(C)(C)Cc1c(-c2cccnc2C(C)OC)n(CC)c2ccc(-c3csc(C(CC(=O)N4CCCCN4)OCC)n3)cc12.CS. The number of ether oxygens (including phenoxy) is 3. The highest BCUT2D eigenvalue weighted by molar-refractivity contribution is 7.79. The van der Waals surface area contributed by atoms with Crippen LogP contribution in [-0.4, -0.2) is 65.1 Å². The summed E-state index contributed by atoms with van der Waals surface area (Å²) in [4.78, 5) is 22.9. The molecule has 264 valence electrons. The Kier molecular flexibility index (Phi) is 14.1. The molecule has 11 heteroatoms. The molecule has 0 radical (unpaired) electrons. The normalized spacial score (nSPS) is 14.6. The van der Waals surface area contributed by atoms with Gasteiger partial charge >= 0.3 is 0 Å². The van der Waals surface area contributed by atoms with E-state index >= 15 is 0 Å². The van der Waals surface area contributed by atoms with Gasteiger partial charge in [0.15, 0.2) is 0 Å². The van der Waals surface area contributed by atoms with Crippen LogP contribution in [0.1, 0.15) is 82.4 Å². The van der Waals surface area contributed by atoms with Gasteiger partial charge in [-0.15, -0.1) is 11.3 Å². The van der Waals surface area contributed by atoms with Crippen LogP contribution < -0.4 is 5.43 Å². The minimum absolute atomic E-state index is 0.0355. The van der Waals surface area contributed by atoms with Gasteiger partial charge in [-0.05, 0) is 76.1 Å². The average molecular weight is 706 g/mol. The Morgan fingerprint density at radius 1 is 1.22 bits per heavy atom. The van der Waals surface area contributed by atoms with Crippen molar-refractivity contribution >= 4 is 40.8 Å². The third kappa shape index (κ3) is 9.04. The van der Waals surface area contributed by atoms with Crippen molar-refractivity contribution in [3.63, 3.8) is 0 Å². The number of aryl methyl sites for hydroxylation is 1. The number of fused-ring (bicyclic) bond motifs is 1. The summed E-state index contributed by atoms with van der Waals surface area (Å²) < 4.78 is 19.7. The van der Waals surface area contributed by atoms with Crippen molar-refractivity contribution in [2.24, 2.45) is 5.41 Å². The molecule has 0 spiro atoms. The fraction of sp³-hybridized carbons (Fsp3) is 0.500. The Morgan fingerprint density at radius 2 is 2.02 bits per heavy atom. The first-order valence-electron chi connectivity index (χ1n) is 17.0. The van der Waals surface area contributed by atoms with Crippen LogP contribution in [0.3, 0.4) is 0 Å². The molecule has 4 aromatic rings. The summed E-state index contributed by atoms with van der Waals surface area (Å²) in [6.45, 7) is 13.7. The standard InChI is InChI=1S/C37H47N5O4S.CH4S/c1-8-41-31-16-15-26(30-23-47-36(40-30)32(46-10-3)21-33(43)42-19-12-11-18-39-42)20-28(31)29(22-37(5,6)24-45-9-2)35(41)27-14-13-17-38-34(27)25(4)44-7;1-2/h2,13-17,20,23,25,32,39H,8,10-12,18-19,21-22,24H2,1,3-7H3;2H,1H3. The van der Waals surface area contributed by atoms with Gasteiger partial charge in [0.1, 0.15) is 23.8 Å². The number of aromatic nitrogens is 3. The van der Waals surface area contributed by atoms with Crippen LogP contribution >= 0.6 is 24.0 Å². The van der Waals surface area contributed by atoms with Crippen LogP contribution in [0.5, 0.6) is 0 Å². The molecule has 9 nitrogen and oxygen atoms in total. The maximum absolute atomic E-state index is 13.1. The molecule has 1 N–H and O–H groups in total.